The van der Waals surface area contributed by atoms with E-state index in [-0.39, 0.29) is 21.9 Å². The standard InChI is InChI=1S/C9H5Cl2FN4/c10-7-8(14-9(11)16-15-7)13-6-4-2-1-3-5(6)12/h1-4H,(H,13,14,16). The van der Waals surface area contributed by atoms with Gasteiger partial charge in [0.05, 0.1) is 5.69 Å². The van der Waals surface area contributed by atoms with Crippen LogP contribution < -0.4 is 5.32 Å². The van der Waals surface area contributed by atoms with Gasteiger partial charge in [-0.2, -0.15) is 4.98 Å². The fraction of sp³-hybridized carbons (Fsp3) is 0. The molecule has 0 radical (unpaired) electrons. The number of hydrogen-bond donors (Lipinski definition) is 1. The fourth-order valence-corrected chi connectivity index (χ4v) is 1.31. The second-order valence-corrected chi connectivity index (χ2v) is 3.52. The molecule has 0 saturated heterocycles. The van der Waals surface area contributed by atoms with Crippen LogP contribution in [0.15, 0.2) is 24.3 Å². The zero-order valence-corrected chi connectivity index (χ0v) is 9.30. The molecule has 82 valence electrons. The third-order valence-electron chi connectivity index (χ3n) is 1.75. The topological polar surface area (TPSA) is 50.7 Å². The Hall–Kier alpha value is -1.46. The monoisotopic (exact) mass is 258 g/mol. The number of halogens is 3. The molecular formula is C9H5Cl2FN4. The van der Waals surface area contributed by atoms with E-state index in [0.29, 0.717) is 0 Å². The van der Waals surface area contributed by atoms with Crippen LogP contribution in [0.25, 0.3) is 0 Å². The molecule has 0 aliphatic heterocycles. The summed E-state index contributed by atoms with van der Waals surface area (Å²) in [5.41, 5.74) is 0.237. The smallest absolute Gasteiger partial charge is 0.245 e. The summed E-state index contributed by atoms with van der Waals surface area (Å²) in [7, 11) is 0. The van der Waals surface area contributed by atoms with Crippen molar-refractivity contribution in [3.8, 4) is 0 Å². The number of hydrogen-bond acceptors (Lipinski definition) is 4. The minimum Gasteiger partial charge on any atom is -0.335 e. The van der Waals surface area contributed by atoms with Gasteiger partial charge in [-0.25, -0.2) is 4.39 Å². The van der Waals surface area contributed by atoms with E-state index >= 15 is 0 Å². The van der Waals surface area contributed by atoms with Crippen molar-refractivity contribution in [3.05, 3.63) is 40.5 Å². The molecule has 0 amide bonds. The van der Waals surface area contributed by atoms with Gasteiger partial charge in [0.1, 0.15) is 5.82 Å². The van der Waals surface area contributed by atoms with Crippen molar-refractivity contribution in [3.63, 3.8) is 0 Å². The van der Waals surface area contributed by atoms with Gasteiger partial charge in [0.2, 0.25) is 5.28 Å². The highest BCUT2D eigenvalue weighted by Crippen LogP contribution is 2.23. The van der Waals surface area contributed by atoms with E-state index in [0.717, 1.165) is 0 Å². The maximum atomic E-state index is 13.3. The third kappa shape index (κ3) is 2.37. The van der Waals surface area contributed by atoms with Gasteiger partial charge in [-0.1, -0.05) is 23.7 Å². The summed E-state index contributed by atoms with van der Waals surface area (Å²) >= 11 is 11.3. The average Bonchev–Trinajstić information content (AvgIpc) is 2.27. The molecular weight excluding hydrogens is 254 g/mol. The maximum Gasteiger partial charge on any atom is 0.245 e. The zero-order valence-electron chi connectivity index (χ0n) is 7.78. The predicted octanol–water partition coefficient (Wildman–Crippen LogP) is 3.06. The minimum atomic E-state index is -0.423. The quantitative estimate of drug-likeness (QED) is 0.900. The van der Waals surface area contributed by atoms with Gasteiger partial charge in [-0.3, -0.25) is 0 Å². The Labute approximate surface area is 100 Å². The van der Waals surface area contributed by atoms with E-state index in [4.69, 9.17) is 23.2 Å². The lowest BCUT2D eigenvalue weighted by Gasteiger charge is -2.06. The summed E-state index contributed by atoms with van der Waals surface area (Å²) in [6.45, 7) is 0. The summed E-state index contributed by atoms with van der Waals surface area (Å²) < 4.78 is 13.3. The van der Waals surface area contributed by atoms with Gasteiger partial charge in [0.25, 0.3) is 0 Å². The van der Waals surface area contributed by atoms with Crippen molar-refractivity contribution in [2.75, 3.05) is 5.32 Å². The van der Waals surface area contributed by atoms with Gasteiger partial charge in [0.15, 0.2) is 11.0 Å². The van der Waals surface area contributed by atoms with Crippen molar-refractivity contribution in [1.82, 2.24) is 15.2 Å². The Kier molecular flexibility index (Phi) is 3.17. The maximum absolute atomic E-state index is 13.3. The number of benzene rings is 1. The van der Waals surface area contributed by atoms with E-state index in [9.17, 15) is 4.39 Å². The van der Waals surface area contributed by atoms with Crippen molar-refractivity contribution in [2.45, 2.75) is 0 Å². The van der Waals surface area contributed by atoms with Crippen molar-refractivity contribution < 1.29 is 4.39 Å². The molecule has 1 N–H and O–H groups in total. The van der Waals surface area contributed by atoms with E-state index < -0.39 is 5.82 Å². The SMILES string of the molecule is Fc1ccccc1Nc1nc(Cl)nnc1Cl. The highest BCUT2D eigenvalue weighted by Gasteiger charge is 2.08. The number of nitrogens with zero attached hydrogens (tertiary/aromatic N) is 3. The molecule has 1 aromatic carbocycles. The lowest BCUT2D eigenvalue weighted by Crippen LogP contribution is -2.00. The molecule has 2 aromatic rings. The van der Waals surface area contributed by atoms with Gasteiger partial charge in [-0.05, 0) is 23.7 Å². The molecule has 2 rings (SSSR count). The molecule has 0 fully saturated rings. The van der Waals surface area contributed by atoms with E-state index in [2.05, 4.69) is 20.5 Å². The highest BCUT2D eigenvalue weighted by molar-refractivity contribution is 6.32. The normalized spacial score (nSPS) is 10.2. The second-order valence-electron chi connectivity index (χ2n) is 2.83. The van der Waals surface area contributed by atoms with Crippen LogP contribution in [0.5, 0.6) is 0 Å². The summed E-state index contributed by atoms with van der Waals surface area (Å²) in [4.78, 5) is 3.79. The van der Waals surface area contributed by atoms with Gasteiger partial charge in [0, 0.05) is 0 Å². The largest absolute Gasteiger partial charge is 0.335 e. The van der Waals surface area contributed by atoms with Crippen molar-refractivity contribution in [1.29, 1.82) is 0 Å². The Morgan fingerprint density at radius 1 is 1.12 bits per heavy atom. The predicted molar refractivity (Wildman–Crippen MR) is 59.5 cm³/mol. The van der Waals surface area contributed by atoms with Gasteiger partial charge in [-0.15, -0.1) is 10.2 Å². The highest BCUT2D eigenvalue weighted by atomic mass is 35.5. The van der Waals surface area contributed by atoms with Crippen LogP contribution in [-0.4, -0.2) is 15.2 Å². The van der Waals surface area contributed by atoms with E-state index in [1.807, 2.05) is 0 Å². The summed E-state index contributed by atoms with van der Waals surface area (Å²) in [5, 5.41) is 9.61. The Morgan fingerprint density at radius 2 is 1.88 bits per heavy atom. The number of anilines is 2. The molecule has 0 spiro atoms. The molecule has 0 unspecified atom stereocenters. The fourth-order valence-electron chi connectivity index (χ4n) is 1.06. The molecule has 0 saturated carbocycles. The van der Waals surface area contributed by atoms with Crippen molar-refractivity contribution >= 4 is 34.7 Å². The Bertz CT molecular complexity index is 521. The van der Waals surface area contributed by atoms with Crippen LogP contribution in [0.2, 0.25) is 10.4 Å². The van der Waals surface area contributed by atoms with Crippen molar-refractivity contribution in [2.24, 2.45) is 0 Å². The van der Waals surface area contributed by atoms with Crippen LogP contribution in [0, 0.1) is 5.82 Å². The molecule has 7 heteroatoms. The molecule has 0 aliphatic carbocycles. The first-order chi connectivity index (χ1) is 7.66. The van der Waals surface area contributed by atoms with Crippen LogP contribution in [0.3, 0.4) is 0 Å². The van der Waals surface area contributed by atoms with Crippen LogP contribution in [-0.2, 0) is 0 Å². The number of aromatic nitrogens is 3. The molecule has 1 heterocycles. The Balaban J connectivity index is 2.34. The summed E-state index contributed by atoms with van der Waals surface area (Å²) in [6, 6.07) is 6.11. The van der Waals surface area contributed by atoms with E-state index in [1.54, 1.807) is 18.2 Å². The summed E-state index contributed by atoms with van der Waals surface area (Å²) in [6.07, 6.45) is 0. The number of rotatable bonds is 2. The lowest BCUT2D eigenvalue weighted by molar-refractivity contribution is 0.631. The molecule has 0 aliphatic rings. The molecule has 1 aromatic heterocycles. The first-order valence-corrected chi connectivity index (χ1v) is 4.99. The average molecular weight is 259 g/mol. The molecule has 4 nitrogen and oxygen atoms in total. The number of para-hydroxylation sites is 1. The van der Waals surface area contributed by atoms with Crippen LogP contribution in [0.4, 0.5) is 15.9 Å². The number of nitrogens with one attached hydrogen (secondary N) is 1. The molecule has 16 heavy (non-hydrogen) atoms. The van der Waals surface area contributed by atoms with E-state index in [1.165, 1.54) is 6.07 Å². The van der Waals surface area contributed by atoms with Gasteiger partial charge < -0.3 is 5.32 Å². The third-order valence-corrected chi connectivity index (χ3v) is 2.16. The molecule has 0 atom stereocenters. The minimum absolute atomic E-state index is 0.0210. The molecule has 0 bridgehead atoms. The first kappa shape index (κ1) is 11.0. The van der Waals surface area contributed by atoms with Crippen LogP contribution in [0.1, 0.15) is 0 Å². The second kappa shape index (κ2) is 4.59. The van der Waals surface area contributed by atoms with Crippen LogP contribution >= 0.6 is 23.2 Å². The lowest BCUT2D eigenvalue weighted by atomic mass is 10.3. The zero-order chi connectivity index (χ0) is 11.5. The summed E-state index contributed by atoms with van der Waals surface area (Å²) in [5.74, 6) is -0.264. The van der Waals surface area contributed by atoms with Gasteiger partial charge >= 0.3 is 0 Å². The Morgan fingerprint density at radius 3 is 2.62 bits per heavy atom. The first-order valence-electron chi connectivity index (χ1n) is 4.24.